The molecular formula is C15H22N2O3. The number of nitrogens with two attached hydrogens (primary N) is 1. The van der Waals surface area contributed by atoms with Crippen LogP contribution in [0.25, 0.3) is 0 Å². The number of rotatable bonds is 5. The molecule has 1 aromatic carbocycles. The Morgan fingerprint density at radius 2 is 2.05 bits per heavy atom. The largest absolute Gasteiger partial charge is 0.383 e. The Morgan fingerprint density at radius 1 is 1.30 bits per heavy atom. The molecule has 0 aliphatic carbocycles. The van der Waals surface area contributed by atoms with E-state index in [1.54, 1.807) is 12.0 Å². The molecule has 5 nitrogen and oxygen atoms in total. The number of likely N-dealkylation sites (tertiary alicyclic amines) is 1. The molecule has 0 bridgehead atoms. The molecule has 2 N–H and O–H groups in total. The van der Waals surface area contributed by atoms with Gasteiger partial charge in [0.25, 0.3) is 5.91 Å². The van der Waals surface area contributed by atoms with Crippen LogP contribution >= 0.6 is 0 Å². The van der Waals surface area contributed by atoms with Crippen LogP contribution in [0, 0.1) is 0 Å². The molecule has 0 unspecified atom stereocenters. The average molecular weight is 278 g/mol. The fraction of sp³-hybridized carbons (Fsp3) is 0.533. The number of ether oxygens (including phenoxy) is 1. The van der Waals surface area contributed by atoms with Gasteiger partial charge in [0.1, 0.15) is 0 Å². The molecule has 1 saturated heterocycles. The summed E-state index contributed by atoms with van der Waals surface area (Å²) < 4.78 is 5.08. The molecule has 0 radical (unpaired) electrons. The summed E-state index contributed by atoms with van der Waals surface area (Å²) in [4.78, 5) is 19.0. The Bertz CT molecular complexity index is 424. The molecule has 1 amide bonds. The third kappa shape index (κ3) is 3.56. The number of hydrogen-bond acceptors (Lipinski definition) is 4. The van der Waals surface area contributed by atoms with Gasteiger partial charge < -0.3 is 9.64 Å². The third-order valence-corrected chi connectivity index (χ3v) is 3.81. The van der Waals surface area contributed by atoms with E-state index in [2.05, 4.69) is 12.1 Å². The van der Waals surface area contributed by atoms with Gasteiger partial charge in [-0.25, -0.2) is 5.90 Å². The lowest BCUT2D eigenvalue weighted by molar-refractivity contribution is -0.143. The second kappa shape index (κ2) is 7.38. The van der Waals surface area contributed by atoms with E-state index in [-0.39, 0.29) is 5.91 Å². The molecule has 110 valence electrons. The van der Waals surface area contributed by atoms with E-state index in [1.807, 2.05) is 18.2 Å². The highest BCUT2D eigenvalue weighted by Gasteiger charge is 2.31. The van der Waals surface area contributed by atoms with Crippen molar-refractivity contribution in [3.63, 3.8) is 0 Å². The molecule has 0 saturated carbocycles. The number of nitrogens with zero attached hydrogens (tertiary/aromatic N) is 1. The van der Waals surface area contributed by atoms with Crippen LogP contribution < -0.4 is 5.90 Å². The number of methoxy groups -OCH3 is 1. The Morgan fingerprint density at radius 3 is 2.70 bits per heavy atom. The van der Waals surface area contributed by atoms with Crippen molar-refractivity contribution >= 4 is 5.91 Å². The van der Waals surface area contributed by atoms with Crippen LogP contribution in [-0.2, 0) is 14.4 Å². The van der Waals surface area contributed by atoms with E-state index in [0.29, 0.717) is 32.0 Å². The minimum absolute atomic E-state index is 0.0389. The first kappa shape index (κ1) is 15.0. The van der Waals surface area contributed by atoms with Crippen molar-refractivity contribution in [3.8, 4) is 0 Å². The van der Waals surface area contributed by atoms with Crippen molar-refractivity contribution in [2.24, 2.45) is 5.90 Å². The van der Waals surface area contributed by atoms with Crippen LogP contribution in [0.3, 0.4) is 0 Å². The first-order valence-electron chi connectivity index (χ1n) is 6.94. The van der Waals surface area contributed by atoms with Crippen LogP contribution in [0.1, 0.15) is 24.3 Å². The summed E-state index contributed by atoms with van der Waals surface area (Å²) in [5, 5.41) is 0. The number of carbonyl (C=O) groups is 1. The first-order chi connectivity index (χ1) is 9.76. The van der Waals surface area contributed by atoms with Gasteiger partial charge in [-0.05, 0) is 18.4 Å². The zero-order valence-corrected chi connectivity index (χ0v) is 11.8. The lowest BCUT2D eigenvalue weighted by Gasteiger charge is -2.25. The molecule has 1 fully saturated rings. The minimum Gasteiger partial charge on any atom is -0.383 e. The van der Waals surface area contributed by atoms with Gasteiger partial charge in [0.2, 0.25) is 0 Å². The summed E-state index contributed by atoms with van der Waals surface area (Å²) in [6, 6.07) is 10.3. The fourth-order valence-electron chi connectivity index (χ4n) is 2.65. The molecule has 1 heterocycles. The molecule has 20 heavy (non-hydrogen) atoms. The highest BCUT2D eigenvalue weighted by Crippen LogP contribution is 2.27. The Hall–Kier alpha value is -1.43. The number of hydrogen-bond donors (Lipinski definition) is 1. The maximum atomic E-state index is 12.3. The Balaban J connectivity index is 2.14. The molecule has 2 atom stereocenters. The monoisotopic (exact) mass is 278 g/mol. The van der Waals surface area contributed by atoms with E-state index in [9.17, 15) is 4.79 Å². The predicted octanol–water partition coefficient (Wildman–Crippen LogP) is 1.30. The summed E-state index contributed by atoms with van der Waals surface area (Å²) >= 11 is 0. The summed E-state index contributed by atoms with van der Waals surface area (Å²) in [7, 11) is 1.63. The third-order valence-electron chi connectivity index (χ3n) is 3.81. The van der Waals surface area contributed by atoms with Crippen molar-refractivity contribution in [1.82, 2.24) is 4.90 Å². The molecular weight excluding hydrogens is 256 g/mol. The molecule has 0 spiro atoms. The van der Waals surface area contributed by atoms with Crippen LogP contribution in [0.5, 0.6) is 0 Å². The topological polar surface area (TPSA) is 64.8 Å². The van der Waals surface area contributed by atoms with Gasteiger partial charge in [0.05, 0.1) is 6.61 Å². The number of benzene rings is 1. The maximum Gasteiger partial charge on any atom is 0.253 e. The molecule has 1 aromatic rings. The summed E-state index contributed by atoms with van der Waals surface area (Å²) in [6.45, 7) is 1.77. The SMILES string of the molecule is COCCN1C[C@H](c2ccccc2)CC[C@@H](ON)C1=O. The van der Waals surface area contributed by atoms with E-state index < -0.39 is 6.10 Å². The van der Waals surface area contributed by atoms with Crippen LogP contribution in [-0.4, -0.2) is 43.7 Å². The van der Waals surface area contributed by atoms with Crippen molar-refractivity contribution in [3.05, 3.63) is 35.9 Å². The molecule has 0 aromatic heterocycles. The number of amides is 1. The Kier molecular flexibility index (Phi) is 5.52. The smallest absolute Gasteiger partial charge is 0.253 e. The maximum absolute atomic E-state index is 12.3. The van der Waals surface area contributed by atoms with Crippen molar-refractivity contribution < 1.29 is 14.4 Å². The lowest BCUT2D eigenvalue weighted by atomic mass is 9.94. The second-order valence-electron chi connectivity index (χ2n) is 5.09. The molecule has 1 aliphatic rings. The van der Waals surface area contributed by atoms with Crippen molar-refractivity contribution in [1.29, 1.82) is 0 Å². The van der Waals surface area contributed by atoms with Crippen LogP contribution in [0.2, 0.25) is 0 Å². The minimum atomic E-state index is -0.541. The summed E-state index contributed by atoms with van der Waals surface area (Å²) in [6.07, 6.45) is 1.00. The lowest BCUT2D eigenvalue weighted by Crippen LogP contribution is -2.42. The summed E-state index contributed by atoms with van der Waals surface area (Å²) in [5.74, 6) is 5.54. The highest BCUT2D eigenvalue weighted by atomic mass is 16.6. The van der Waals surface area contributed by atoms with Gasteiger partial charge in [-0.2, -0.15) is 0 Å². The normalized spacial score (nSPS) is 23.7. The quantitative estimate of drug-likeness (QED) is 0.825. The van der Waals surface area contributed by atoms with Gasteiger partial charge in [0, 0.05) is 26.1 Å². The standard InChI is InChI=1S/C15H22N2O3/c1-19-10-9-17-11-13(12-5-3-2-4-6-12)7-8-14(20-16)15(17)18/h2-6,13-14H,7-11,16H2,1H3/t13-,14-/m1/s1. The van der Waals surface area contributed by atoms with Gasteiger partial charge in [0.15, 0.2) is 6.10 Å². The second-order valence-corrected chi connectivity index (χ2v) is 5.09. The van der Waals surface area contributed by atoms with Crippen LogP contribution in [0.4, 0.5) is 0 Å². The van der Waals surface area contributed by atoms with E-state index >= 15 is 0 Å². The van der Waals surface area contributed by atoms with Gasteiger partial charge >= 0.3 is 0 Å². The van der Waals surface area contributed by atoms with E-state index in [4.69, 9.17) is 15.5 Å². The zero-order chi connectivity index (χ0) is 14.4. The van der Waals surface area contributed by atoms with Gasteiger partial charge in [-0.15, -0.1) is 0 Å². The number of carbonyl (C=O) groups excluding carboxylic acids is 1. The predicted molar refractivity (Wildman–Crippen MR) is 75.9 cm³/mol. The van der Waals surface area contributed by atoms with Gasteiger partial charge in [-0.3, -0.25) is 9.63 Å². The molecule has 2 rings (SSSR count). The highest BCUT2D eigenvalue weighted by molar-refractivity contribution is 5.81. The van der Waals surface area contributed by atoms with Crippen LogP contribution in [0.15, 0.2) is 30.3 Å². The molecule has 5 heteroatoms. The fourth-order valence-corrected chi connectivity index (χ4v) is 2.65. The molecule has 1 aliphatic heterocycles. The van der Waals surface area contributed by atoms with E-state index in [0.717, 1.165) is 6.42 Å². The summed E-state index contributed by atoms with van der Waals surface area (Å²) in [5.41, 5.74) is 1.25. The zero-order valence-electron chi connectivity index (χ0n) is 11.8. The Labute approximate surface area is 119 Å². The van der Waals surface area contributed by atoms with Crippen molar-refractivity contribution in [2.75, 3.05) is 26.8 Å². The first-order valence-corrected chi connectivity index (χ1v) is 6.94. The average Bonchev–Trinajstić information content (AvgIpc) is 2.65. The van der Waals surface area contributed by atoms with Crippen molar-refractivity contribution in [2.45, 2.75) is 24.9 Å². The van der Waals surface area contributed by atoms with Gasteiger partial charge in [-0.1, -0.05) is 30.3 Å². The van der Waals surface area contributed by atoms with E-state index in [1.165, 1.54) is 5.56 Å².